The van der Waals surface area contributed by atoms with Gasteiger partial charge in [0.15, 0.2) is 5.11 Å². The third kappa shape index (κ3) is 3.66. The molecule has 0 spiro atoms. The fourth-order valence-corrected chi connectivity index (χ4v) is 3.92. The van der Waals surface area contributed by atoms with Crippen LogP contribution in [0, 0.1) is 5.82 Å². The minimum absolute atomic E-state index is 0.257. The Kier molecular flexibility index (Phi) is 5.50. The Morgan fingerprint density at radius 1 is 1.17 bits per heavy atom. The Balaban J connectivity index is 1.79. The summed E-state index contributed by atoms with van der Waals surface area (Å²) in [5.74, 6) is 1.24. The van der Waals surface area contributed by atoms with Crippen LogP contribution < -0.4 is 10.1 Å². The lowest BCUT2D eigenvalue weighted by Gasteiger charge is -2.36. The van der Waals surface area contributed by atoms with E-state index in [1.807, 2.05) is 43.0 Å². The Labute approximate surface area is 179 Å². The molecule has 3 aromatic rings. The molecule has 30 heavy (non-hydrogen) atoms. The highest BCUT2D eigenvalue weighted by Gasteiger charge is 2.33. The Morgan fingerprint density at radius 3 is 2.50 bits per heavy atom. The number of aromatic nitrogens is 2. The molecule has 0 saturated carbocycles. The molecule has 0 radical (unpaired) electrons. The lowest BCUT2D eigenvalue weighted by molar-refractivity contribution is 0.398. The topological polar surface area (TPSA) is 63.4 Å². The second kappa shape index (κ2) is 8.23. The lowest BCUT2D eigenvalue weighted by atomic mass is 9.94. The van der Waals surface area contributed by atoms with E-state index in [-0.39, 0.29) is 11.9 Å². The van der Waals surface area contributed by atoms with Gasteiger partial charge in [-0.05, 0) is 68.0 Å². The van der Waals surface area contributed by atoms with Crippen LogP contribution in [0.4, 0.5) is 4.39 Å². The van der Waals surface area contributed by atoms with Crippen LogP contribution in [0.15, 0.2) is 58.8 Å². The van der Waals surface area contributed by atoms with Crippen LogP contribution in [0.25, 0.3) is 17.0 Å². The molecule has 0 saturated heterocycles. The lowest BCUT2D eigenvalue weighted by Crippen LogP contribution is -2.45. The van der Waals surface area contributed by atoms with Crippen molar-refractivity contribution in [2.75, 3.05) is 13.7 Å². The summed E-state index contributed by atoms with van der Waals surface area (Å²) >= 11 is 5.58. The van der Waals surface area contributed by atoms with Crippen LogP contribution >= 0.6 is 12.2 Å². The maximum absolute atomic E-state index is 13.3. The first-order valence-electron chi connectivity index (χ1n) is 9.54. The van der Waals surface area contributed by atoms with Gasteiger partial charge in [0.05, 0.1) is 18.7 Å². The van der Waals surface area contributed by atoms with E-state index in [9.17, 15) is 4.39 Å². The number of nitrogens with one attached hydrogen (secondary N) is 1. The molecule has 154 valence electrons. The van der Waals surface area contributed by atoms with Crippen LogP contribution in [0.2, 0.25) is 0 Å². The monoisotopic (exact) mass is 424 g/mol. The van der Waals surface area contributed by atoms with Gasteiger partial charge in [-0.2, -0.15) is 4.98 Å². The van der Waals surface area contributed by atoms with E-state index in [0.29, 0.717) is 28.9 Å². The first kappa shape index (κ1) is 20.0. The number of rotatable bonds is 5. The maximum atomic E-state index is 13.3. The minimum Gasteiger partial charge on any atom is -0.497 e. The van der Waals surface area contributed by atoms with E-state index < -0.39 is 0 Å². The number of hydrogen-bond donors (Lipinski definition) is 1. The van der Waals surface area contributed by atoms with Crippen molar-refractivity contribution in [1.82, 2.24) is 20.4 Å². The molecule has 6 nitrogen and oxygen atoms in total. The molecule has 1 N–H and O–H groups in total. The normalized spacial score (nSPS) is 16.6. The average molecular weight is 425 g/mol. The van der Waals surface area contributed by atoms with Gasteiger partial charge in [-0.15, -0.1) is 0 Å². The van der Waals surface area contributed by atoms with Crippen molar-refractivity contribution < 1.29 is 13.7 Å². The van der Waals surface area contributed by atoms with Gasteiger partial charge < -0.3 is 19.5 Å². The van der Waals surface area contributed by atoms with Crippen LogP contribution in [0.3, 0.4) is 0 Å². The van der Waals surface area contributed by atoms with Crippen LogP contribution in [-0.4, -0.2) is 33.8 Å². The Bertz CT molecular complexity index is 1090. The van der Waals surface area contributed by atoms with Gasteiger partial charge in [-0.1, -0.05) is 17.3 Å². The van der Waals surface area contributed by atoms with Gasteiger partial charge in [-0.25, -0.2) is 4.39 Å². The summed E-state index contributed by atoms with van der Waals surface area (Å²) in [4.78, 5) is 6.59. The number of halogens is 1. The van der Waals surface area contributed by atoms with Gasteiger partial charge in [-0.3, -0.25) is 0 Å². The summed E-state index contributed by atoms with van der Waals surface area (Å²) in [6, 6.07) is 13.5. The van der Waals surface area contributed by atoms with Crippen molar-refractivity contribution in [2.45, 2.75) is 19.9 Å². The quantitative estimate of drug-likeness (QED) is 0.602. The van der Waals surface area contributed by atoms with Gasteiger partial charge in [0.2, 0.25) is 5.82 Å². The molecule has 0 aliphatic carbocycles. The highest BCUT2D eigenvalue weighted by Crippen LogP contribution is 2.37. The number of allylic oxidation sites excluding steroid dienone is 1. The van der Waals surface area contributed by atoms with E-state index in [4.69, 9.17) is 21.5 Å². The van der Waals surface area contributed by atoms with E-state index in [1.165, 1.54) is 12.1 Å². The highest BCUT2D eigenvalue weighted by molar-refractivity contribution is 7.80. The first-order valence-corrected chi connectivity index (χ1v) is 9.95. The van der Waals surface area contributed by atoms with Crippen molar-refractivity contribution in [1.29, 1.82) is 0 Å². The number of nitrogens with zero attached hydrogens (tertiary/aromatic N) is 3. The van der Waals surface area contributed by atoms with Crippen molar-refractivity contribution in [2.24, 2.45) is 0 Å². The molecule has 1 atom stereocenters. The second-order valence-electron chi connectivity index (χ2n) is 6.83. The summed E-state index contributed by atoms with van der Waals surface area (Å²) in [5, 5.41) is 8.13. The number of hydrogen-bond acceptors (Lipinski definition) is 5. The predicted octanol–water partition coefficient (Wildman–Crippen LogP) is 4.57. The molecular weight excluding hydrogens is 403 g/mol. The van der Waals surface area contributed by atoms with Crippen molar-refractivity contribution in [3.63, 3.8) is 0 Å². The maximum Gasteiger partial charge on any atom is 0.258 e. The number of methoxy groups -OCH3 is 1. The third-order valence-corrected chi connectivity index (χ3v) is 5.46. The second-order valence-corrected chi connectivity index (χ2v) is 7.22. The molecule has 0 fully saturated rings. The van der Waals surface area contributed by atoms with Crippen molar-refractivity contribution >= 4 is 22.9 Å². The standard InChI is InChI=1S/C22H21FN4O2S/c1-4-27-13(2)18(19(24-22(27)30)14-7-11-17(28-3)12-8-14)21-25-20(26-29-21)15-5-9-16(23)10-6-15/h5-12,19H,4H2,1-3H3,(H,24,30). The third-order valence-electron chi connectivity index (χ3n) is 5.12. The van der Waals surface area contributed by atoms with Gasteiger partial charge >= 0.3 is 0 Å². The zero-order valence-corrected chi connectivity index (χ0v) is 17.7. The zero-order chi connectivity index (χ0) is 21.3. The van der Waals surface area contributed by atoms with E-state index in [1.54, 1.807) is 19.2 Å². The van der Waals surface area contributed by atoms with Crippen molar-refractivity contribution in [3.8, 4) is 17.1 Å². The van der Waals surface area contributed by atoms with Crippen molar-refractivity contribution in [3.05, 3.63) is 71.5 Å². The largest absolute Gasteiger partial charge is 0.497 e. The summed E-state index contributed by atoms with van der Waals surface area (Å²) in [6.45, 7) is 4.72. The summed E-state index contributed by atoms with van der Waals surface area (Å²) in [5.41, 5.74) is 3.45. The molecule has 8 heteroatoms. The minimum atomic E-state index is -0.316. The van der Waals surface area contributed by atoms with Crippen LogP contribution in [0.1, 0.15) is 31.3 Å². The Morgan fingerprint density at radius 2 is 1.87 bits per heavy atom. The molecule has 2 aromatic carbocycles. The molecular formula is C22H21FN4O2S. The van der Waals surface area contributed by atoms with E-state index in [2.05, 4.69) is 15.5 Å². The summed E-state index contributed by atoms with van der Waals surface area (Å²) in [6.07, 6.45) is 0. The van der Waals surface area contributed by atoms with Crippen LogP contribution in [-0.2, 0) is 0 Å². The number of ether oxygens (including phenoxy) is 1. The molecule has 1 aliphatic heterocycles. The summed E-state index contributed by atoms with van der Waals surface area (Å²) < 4.78 is 24.2. The summed E-state index contributed by atoms with van der Waals surface area (Å²) in [7, 11) is 1.63. The average Bonchev–Trinajstić information content (AvgIpc) is 3.24. The fraction of sp³-hybridized carbons (Fsp3) is 0.227. The molecule has 1 unspecified atom stereocenters. The molecule has 4 rings (SSSR count). The smallest absolute Gasteiger partial charge is 0.258 e. The highest BCUT2D eigenvalue weighted by atomic mass is 32.1. The first-order chi connectivity index (χ1) is 14.5. The SMILES string of the molecule is CCN1C(=S)NC(c2ccc(OC)cc2)C(c2nc(-c3ccc(F)cc3)no2)=C1C. The van der Waals surface area contributed by atoms with Crippen LogP contribution in [0.5, 0.6) is 5.75 Å². The van der Waals surface area contributed by atoms with Gasteiger partial charge in [0.25, 0.3) is 5.89 Å². The zero-order valence-electron chi connectivity index (χ0n) is 16.8. The molecule has 2 heterocycles. The molecule has 1 aliphatic rings. The molecule has 0 bridgehead atoms. The number of thiocarbonyl (C=S) groups is 1. The van der Waals surface area contributed by atoms with E-state index in [0.717, 1.165) is 22.6 Å². The molecule has 1 aromatic heterocycles. The molecule has 0 amide bonds. The Hall–Kier alpha value is -3.26. The van der Waals surface area contributed by atoms with Gasteiger partial charge in [0, 0.05) is 17.8 Å². The van der Waals surface area contributed by atoms with E-state index >= 15 is 0 Å². The van der Waals surface area contributed by atoms with Gasteiger partial charge in [0.1, 0.15) is 11.6 Å². The number of benzene rings is 2. The predicted molar refractivity (Wildman–Crippen MR) is 116 cm³/mol. The fourth-order valence-electron chi connectivity index (χ4n) is 3.53.